The van der Waals surface area contributed by atoms with Crippen LogP contribution in [0, 0.1) is 6.92 Å². The molecule has 2 amide bonds. The Morgan fingerprint density at radius 1 is 1.12 bits per heavy atom. The van der Waals surface area contributed by atoms with Gasteiger partial charge in [0.2, 0.25) is 5.91 Å². The number of aryl methyl sites for hydroxylation is 1. The van der Waals surface area contributed by atoms with Gasteiger partial charge in [-0.2, -0.15) is 0 Å². The topological polar surface area (TPSA) is 89.4 Å². The highest BCUT2D eigenvalue weighted by atomic mass is 16.5. The van der Waals surface area contributed by atoms with Crippen molar-refractivity contribution in [3.63, 3.8) is 0 Å². The Balaban J connectivity index is 1.28. The van der Waals surface area contributed by atoms with Crippen LogP contribution in [-0.4, -0.2) is 57.9 Å². The largest absolute Gasteiger partial charge is 0.497 e. The number of ether oxygens (including phenoxy) is 1. The van der Waals surface area contributed by atoms with Gasteiger partial charge in [-0.1, -0.05) is 35.0 Å². The Labute approximate surface area is 187 Å². The molecule has 8 nitrogen and oxygen atoms in total. The first-order valence-electron chi connectivity index (χ1n) is 10.7. The van der Waals surface area contributed by atoms with Gasteiger partial charge in [0.25, 0.3) is 5.91 Å². The van der Waals surface area contributed by atoms with E-state index in [0.29, 0.717) is 38.0 Å². The van der Waals surface area contributed by atoms with Crippen molar-refractivity contribution in [2.24, 2.45) is 0 Å². The van der Waals surface area contributed by atoms with E-state index in [4.69, 9.17) is 4.74 Å². The van der Waals surface area contributed by atoms with Crippen LogP contribution in [0.3, 0.4) is 0 Å². The molecule has 0 aliphatic carbocycles. The summed E-state index contributed by atoms with van der Waals surface area (Å²) in [5.41, 5.74) is 3.25. The zero-order valence-corrected chi connectivity index (χ0v) is 18.3. The molecule has 1 aliphatic rings. The minimum absolute atomic E-state index is 0.0240. The van der Waals surface area contributed by atoms with Crippen molar-refractivity contribution in [2.45, 2.75) is 32.2 Å². The number of aromatic nitrogens is 3. The normalized spacial score (nSPS) is 14.2. The minimum Gasteiger partial charge on any atom is -0.497 e. The molecule has 1 fully saturated rings. The molecule has 0 bridgehead atoms. The zero-order valence-electron chi connectivity index (χ0n) is 18.3. The van der Waals surface area contributed by atoms with Crippen LogP contribution >= 0.6 is 0 Å². The van der Waals surface area contributed by atoms with Gasteiger partial charge < -0.3 is 15.0 Å². The SMILES string of the molecule is COc1cccc(CC(=O)NC2CCN(C(=O)c3cn(-c4ccc(C)cc4)nn3)CC2)c1. The van der Waals surface area contributed by atoms with E-state index in [-0.39, 0.29) is 17.9 Å². The van der Waals surface area contributed by atoms with Gasteiger partial charge in [0.15, 0.2) is 5.69 Å². The van der Waals surface area contributed by atoms with Crippen LogP contribution in [-0.2, 0) is 11.2 Å². The summed E-state index contributed by atoms with van der Waals surface area (Å²) in [5, 5.41) is 11.2. The number of hydrogen-bond donors (Lipinski definition) is 1. The lowest BCUT2D eigenvalue weighted by Crippen LogP contribution is -2.47. The van der Waals surface area contributed by atoms with E-state index in [1.54, 1.807) is 22.9 Å². The van der Waals surface area contributed by atoms with Crippen LogP contribution in [0.1, 0.15) is 34.5 Å². The second-order valence-corrected chi connectivity index (χ2v) is 8.05. The number of carbonyl (C=O) groups is 2. The lowest BCUT2D eigenvalue weighted by molar-refractivity contribution is -0.121. The lowest BCUT2D eigenvalue weighted by Gasteiger charge is -2.32. The summed E-state index contributed by atoms with van der Waals surface area (Å²) in [4.78, 5) is 27.0. The average Bonchev–Trinajstić information content (AvgIpc) is 3.30. The molecule has 4 rings (SSSR count). The number of nitrogens with one attached hydrogen (secondary N) is 1. The van der Waals surface area contributed by atoms with Crippen molar-refractivity contribution in [1.82, 2.24) is 25.2 Å². The minimum atomic E-state index is -0.135. The molecule has 32 heavy (non-hydrogen) atoms. The van der Waals surface area contributed by atoms with E-state index in [2.05, 4.69) is 15.6 Å². The Morgan fingerprint density at radius 2 is 1.88 bits per heavy atom. The summed E-state index contributed by atoms with van der Waals surface area (Å²) in [7, 11) is 1.61. The van der Waals surface area contributed by atoms with Gasteiger partial charge in [0, 0.05) is 19.1 Å². The third-order valence-corrected chi connectivity index (χ3v) is 5.66. The number of hydrogen-bond acceptors (Lipinski definition) is 5. The lowest BCUT2D eigenvalue weighted by atomic mass is 10.0. The Kier molecular flexibility index (Phi) is 6.49. The van der Waals surface area contributed by atoms with Crippen LogP contribution in [0.15, 0.2) is 54.7 Å². The second-order valence-electron chi connectivity index (χ2n) is 8.05. The molecule has 3 aromatic rings. The first-order chi connectivity index (χ1) is 15.5. The summed E-state index contributed by atoms with van der Waals surface area (Å²) in [6.07, 6.45) is 3.39. The van der Waals surface area contributed by atoms with Crippen LogP contribution in [0.2, 0.25) is 0 Å². The number of rotatable bonds is 6. The number of likely N-dealkylation sites (tertiary alicyclic amines) is 1. The fraction of sp³-hybridized carbons (Fsp3) is 0.333. The van der Waals surface area contributed by atoms with Crippen molar-refractivity contribution in [3.8, 4) is 11.4 Å². The van der Waals surface area contributed by atoms with Gasteiger partial charge in [0.1, 0.15) is 5.75 Å². The summed E-state index contributed by atoms with van der Waals surface area (Å²) in [5.74, 6) is 0.579. The number of nitrogens with zero attached hydrogens (tertiary/aromatic N) is 4. The predicted molar refractivity (Wildman–Crippen MR) is 120 cm³/mol. The van der Waals surface area contributed by atoms with Crippen molar-refractivity contribution in [1.29, 1.82) is 0 Å². The average molecular weight is 434 g/mol. The first-order valence-corrected chi connectivity index (χ1v) is 10.7. The number of methoxy groups -OCH3 is 1. The standard InChI is InChI=1S/C24H27N5O3/c1-17-6-8-20(9-7-17)29-16-22(26-27-29)24(31)28-12-10-19(11-13-28)25-23(30)15-18-4-3-5-21(14-18)32-2/h3-9,14,16,19H,10-13,15H2,1-2H3,(H,25,30). The van der Waals surface area contributed by atoms with Gasteiger partial charge in [-0.15, -0.1) is 5.10 Å². The fourth-order valence-corrected chi connectivity index (χ4v) is 3.82. The van der Waals surface area contributed by atoms with Gasteiger partial charge in [-0.05, 0) is 49.6 Å². The van der Waals surface area contributed by atoms with Crippen LogP contribution in [0.5, 0.6) is 5.75 Å². The van der Waals surface area contributed by atoms with Gasteiger partial charge in [0.05, 0.1) is 25.4 Å². The summed E-state index contributed by atoms with van der Waals surface area (Å²) in [6.45, 7) is 3.16. The predicted octanol–water partition coefficient (Wildman–Crippen LogP) is 2.55. The van der Waals surface area contributed by atoms with Crippen molar-refractivity contribution >= 4 is 11.8 Å². The van der Waals surface area contributed by atoms with E-state index in [0.717, 1.165) is 22.6 Å². The number of piperidine rings is 1. The molecule has 0 radical (unpaired) electrons. The summed E-state index contributed by atoms with van der Waals surface area (Å²) < 4.78 is 6.82. The van der Waals surface area contributed by atoms with Gasteiger partial charge >= 0.3 is 0 Å². The third-order valence-electron chi connectivity index (χ3n) is 5.66. The fourth-order valence-electron chi connectivity index (χ4n) is 3.82. The molecular weight excluding hydrogens is 406 g/mol. The summed E-state index contributed by atoms with van der Waals surface area (Å²) >= 11 is 0. The van der Waals surface area contributed by atoms with E-state index < -0.39 is 0 Å². The van der Waals surface area contributed by atoms with Crippen molar-refractivity contribution < 1.29 is 14.3 Å². The van der Waals surface area contributed by atoms with Gasteiger partial charge in [-0.25, -0.2) is 4.68 Å². The molecule has 0 saturated carbocycles. The molecule has 1 aliphatic heterocycles. The molecule has 8 heteroatoms. The maximum absolute atomic E-state index is 12.8. The molecule has 166 valence electrons. The number of amides is 2. The monoisotopic (exact) mass is 433 g/mol. The highest BCUT2D eigenvalue weighted by molar-refractivity contribution is 5.92. The Morgan fingerprint density at radius 3 is 2.59 bits per heavy atom. The Bertz CT molecular complexity index is 1090. The van der Waals surface area contributed by atoms with Crippen LogP contribution in [0.4, 0.5) is 0 Å². The molecule has 2 heterocycles. The number of benzene rings is 2. The molecule has 0 atom stereocenters. The molecule has 1 N–H and O–H groups in total. The van der Waals surface area contributed by atoms with E-state index in [1.165, 1.54) is 0 Å². The van der Waals surface area contributed by atoms with Crippen LogP contribution < -0.4 is 10.1 Å². The quantitative estimate of drug-likeness (QED) is 0.645. The Hall–Kier alpha value is -3.68. The molecule has 0 unspecified atom stereocenters. The van der Waals surface area contributed by atoms with Crippen molar-refractivity contribution in [2.75, 3.05) is 20.2 Å². The highest BCUT2D eigenvalue weighted by Crippen LogP contribution is 2.16. The van der Waals surface area contributed by atoms with Crippen molar-refractivity contribution in [3.05, 3.63) is 71.5 Å². The first kappa shape index (κ1) is 21.5. The molecule has 1 saturated heterocycles. The van der Waals surface area contributed by atoms with Gasteiger partial charge in [-0.3, -0.25) is 9.59 Å². The zero-order chi connectivity index (χ0) is 22.5. The third kappa shape index (κ3) is 5.14. The molecule has 2 aromatic carbocycles. The highest BCUT2D eigenvalue weighted by Gasteiger charge is 2.26. The summed E-state index contributed by atoms with van der Waals surface area (Å²) in [6, 6.07) is 15.4. The smallest absolute Gasteiger partial charge is 0.276 e. The maximum Gasteiger partial charge on any atom is 0.276 e. The van der Waals surface area contributed by atoms with E-state index in [9.17, 15) is 9.59 Å². The second kappa shape index (κ2) is 9.64. The van der Waals surface area contributed by atoms with E-state index >= 15 is 0 Å². The maximum atomic E-state index is 12.8. The van der Waals surface area contributed by atoms with Crippen LogP contribution in [0.25, 0.3) is 5.69 Å². The molecular formula is C24H27N5O3. The van der Waals surface area contributed by atoms with E-state index in [1.807, 2.05) is 55.5 Å². The molecule has 1 aromatic heterocycles. The number of carbonyl (C=O) groups excluding carboxylic acids is 2. The molecule has 0 spiro atoms.